The van der Waals surface area contributed by atoms with E-state index in [0.717, 1.165) is 31.5 Å². The minimum Gasteiger partial charge on any atom is -0.495 e. The lowest BCUT2D eigenvalue weighted by Gasteiger charge is -2.32. The molecule has 7 nitrogen and oxygen atoms in total. The summed E-state index contributed by atoms with van der Waals surface area (Å²) in [6.45, 7) is 1.41. The van der Waals surface area contributed by atoms with E-state index in [0.29, 0.717) is 47.0 Å². The highest BCUT2D eigenvalue weighted by atomic mass is 35.5. The summed E-state index contributed by atoms with van der Waals surface area (Å²) >= 11 is 6.02. The Labute approximate surface area is 181 Å². The summed E-state index contributed by atoms with van der Waals surface area (Å²) in [5.74, 6) is 1.32. The highest BCUT2D eigenvalue weighted by molar-refractivity contribution is 6.31. The summed E-state index contributed by atoms with van der Waals surface area (Å²) in [6, 6.07) is 7.03. The molecule has 2 aromatic rings. The molecule has 1 saturated carbocycles. The first kappa shape index (κ1) is 20.7. The van der Waals surface area contributed by atoms with Crippen molar-refractivity contribution in [1.29, 1.82) is 0 Å². The van der Waals surface area contributed by atoms with E-state index in [2.05, 4.69) is 15.5 Å². The third-order valence-electron chi connectivity index (χ3n) is 5.86. The van der Waals surface area contributed by atoms with E-state index >= 15 is 0 Å². The number of halogens is 1. The summed E-state index contributed by atoms with van der Waals surface area (Å²) in [6.07, 6.45) is 5.42. The van der Waals surface area contributed by atoms with Gasteiger partial charge in [-0.05, 0) is 62.3 Å². The maximum Gasteiger partial charge on any atom is 0.274 e. The predicted molar refractivity (Wildman–Crippen MR) is 115 cm³/mol. The van der Waals surface area contributed by atoms with Crippen LogP contribution in [-0.2, 0) is 4.79 Å². The molecule has 1 aromatic heterocycles. The van der Waals surface area contributed by atoms with E-state index in [1.54, 1.807) is 25.3 Å². The number of H-pyrrole nitrogens is 1. The highest BCUT2D eigenvalue weighted by Gasteiger charge is 2.29. The number of aromatic amines is 1. The van der Waals surface area contributed by atoms with E-state index in [1.807, 2.05) is 11.0 Å². The van der Waals surface area contributed by atoms with Crippen LogP contribution in [0.4, 0.5) is 5.69 Å². The molecule has 1 saturated heterocycles. The van der Waals surface area contributed by atoms with Gasteiger partial charge >= 0.3 is 0 Å². The minimum absolute atomic E-state index is 0.0176. The molecule has 1 atom stereocenters. The highest BCUT2D eigenvalue weighted by Crippen LogP contribution is 2.39. The van der Waals surface area contributed by atoms with Gasteiger partial charge in [0.15, 0.2) is 0 Å². The molecular weight excluding hydrogens is 404 g/mol. The Balaban J connectivity index is 1.29. The van der Waals surface area contributed by atoms with Crippen molar-refractivity contribution >= 4 is 29.1 Å². The first-order valence-corrected chi connectivity index (χ1v) is 10.9. The number of aromatic nitrogens is 2. The number of amides is 2. The quantitative estimate of drug-likeness (QED) is 0.688. The molecule has 2 N–H and O–H groups in total. The number of likely N-dealkylation sites (tertiary alicyclic amines) is 1. The number of rotatable bonds is 7. The maximum atomic E-state index is 12.8. The Morgan fingerprint density at radius 3 is 2.90 bits per heavy atom. The molecule has 1 aliphatic heterocycles. The minimum atomic E-state index is -0.0830. The summed E-state index contributed by atoms with van der Waals surface area (Å²) in [5.41, 5.74) is 2.14. The number of nitrogens with zero attached hydrogens (tertiary/aromatic N) is 2. The number of hydrogen-bond acceptors (Lipinski definition) is 4. The molecule has 0 radical (unpaired) electrons. The van der Waals surface area contributed by atoms with Crippen molar-refractivity contribution in [2.45, 2.75) is 44.4 Å². The van der Waals surface area contributed by atoms with Gasteiger partial charge in [-0.2, -0.15) is 5.10 Å². The lowest BCUT2D eigenvalue weighted by molar-refractivity contribution is -0.116. The van der Waals surface area contributed by atoms with Crippen molar-refractivity contribution in [3.05, 3.63) is 40.7 Å². The molecule has 2 heterocycles. The van der Waals surface area contributed by atoms with Gasteiger partial charge in [0, 0.05) is 36.1 Å². The number of carbonyl (C=O) groups is 2. The van der Waals surface area contributed by atoms with Crippen molar-refractivity contribution < 1.29 is 14.3 Å². The van der Waals surface area contributed by atoms with Crippen molar-refractivity contribution in [3.8, 4) is 5.75 Å². The van der Waals surface area contributed by atoms with Crippen molar-refractivity contribution in [2.75, 3.05) is 25.5 Å². The average molecular weight is 431 g/mol. The standard InChI is InChI=1S/C22H27ClN4O3/c1-30-20-8-7-16(23)11-18(20)24-21(28)9-4-14-3-2-10-27(13-14)22(29)19-12-17(25-26-19)15-5-6-15/h7-8,11-12,14-15H,2-6,9-10,13H2,1H3,(H,24,28)(H,25,26). The Morgan fingerprint density at radius 2 is 2.13 bits per heavy atom. The molecular formula is C22H27ClN4O3. The number of benzene rings is 1. The Hall–Kier alpha value is -2.54. The maximum absolute atomic E-state index is 12.8. The molecule has 1 unspecified atom stereocenters. The molecule has 1 aliphatic carbocycles. The second kappa shape index (κ2) is 9.08. The molecule has 0 spiro atoms. The Bertz CT molecular complexity index is 925. The second-order valence-electron chi connectivity index (χ2n) is 8.17. The number of ether oxygens (including phenoxy) is 1. The third-order valence-corrected chi connectivity index (χ3v) is 6.09. The molecule has 1 aromatic carbocycles. The lowest BCUT2D eigenvalue weighted by atomic mass is 9.93. The van der Waals surface area contributed by atoms with Gasteiger partial charge in [-0.3, -0.25) is 14.7 Å². The molecule has 0 bridgehead atoms. The summed E-state index contributed by atoms with van der Waals surface area (Å²) in [7, 11) is 1.56. The number of piperidine rings is 1. The van der Waals surface area contributed by atoms with Gasteiger partial charge in [-0.15, -0.1) is 0 Å². The molecule has 8 heteroatoms. The zero-order valence-electron chi connectivity index (χ0n) is 17.1. The zero-order valence-corrected chi connectivity index (χ0v) is 17.9. The SMILES string of the molecule is COc1ccc(Cl)cc1NC(=O)CCC1CCCN(C(=O)c2cc(C3CC3)[nH]n2)C1. The third kappa shape index (κ3) is 4.95. The average Bonchev–Trinajstić information content (AvgIpc) is 3.49. The van der Waals surface area contributed by atoms with Crippen LogP contribution in [0.3, 0.4) is 0 Å². The molecule has 160 valence electrons. The number of anilines is 1. The van der Waals surface area contributed by atoms with Crippen molar-refractivity contribution in [2.24, 2.45) is 5.92 Å². The normalized spacial score (nSPS) is 18.9. The molecule has 2 fully saturated rings. The van der Waals surface area contributed by atoms with E-state index in [9.17, 15) is 9.59 Å². The molecule has 2 aliphatic rings. The van der Waals surface area contributed by atoms with Crippen LogP contribution in [0.2, 0.25) is 5.02 Å². The zero-order chi connectivity index (χ0) is 21.1. The first-order chi connectivity index (χ1) is 14.5. The Kier molecular flexibility index (Phi) is 6.27. The lowest BCUT2D eigenvalue weighted by Crippen LogP contribution is -2.40. The van der Waals surface area contributed by atoms with Crippen LogP contribution in [0.1, 0.15) is 60.6 Å². The van der Waals surface area contributed by atoms with Gasteiger partial charge < -0.3 is 15.0 Å². The predicted octanol–water partition coefficient (Wildman–Crippen LogP) is 4.22. The summed E-state index contributed by atoms with van der Waals surface area (Å²) in [5, 5.41) is 10.6. The van der Waals surface area contributed by atoms with Gasteiger partial charge in [0.2, 0.25) is 5.91 Å². The van der Waals surface area contributed by atoms with E-state index in [-0.39, 0.29) is 11.8 Å². The van der Waals surface area contributed by atoms with Crippen LogP contribution in [-0.4, -0.2) is 47.1 Å². The molecule has 30 heavy (non-hydrogen) atoms. The van der Waals surface area contributed by atoms with Crippen molar-refractivity contribution in [3.63, 3.8) is 0 Å². The fourth-order valence-corrected chi connectivity index (χ4v) is 4.19. The van der Waals surface area contributed by atoms with E-state index in [1.165, 1.54) is 12.8 Å². The number of methoxy groups -OCH3 is 1. The van der Waals surface area contributed by atoms with E-state index < -0.39 is 0 Å². The van der Waals surface area contributed by atoms with Crippen LogP contribution in [0.25, 0.3) is 0 Å². The van der Waals surface area contributed by atoms with Gasteiger partial charge in [0.05, 0.1) is 12.8 Å². The summed E-state index contributed by atoms with van der Waals surface area (Å²) in [4.78, 5) is 27.1. The largest absolute Gasteiger partial charge is 0.495 e. The first-order valence-electron chi connectivity index (χ1n) is 10.5. The smallest absolute Gasteiger partial charge is 0.274 e. The number of nitrogens with one attached hydrogen (secondary N) is 2. The molecule has 2 amide bonds. The van der Waals surface area contributed by atoms with Crippen LogP contribution in [0, 0.1) is 5.92 Å². The van der Waals surface area contributed by atoms with Crippen LogP contribution in [0.5, 0.6) is 5.75 Å². The number of hydrogen-bond donors (Lipinski definition) is 2. The van der Waals surface area contributed by atoms with E-state index in [4.69, 9.17) is 16.3 Å². The monoisotopic (exact) mass is 430 g/mol. The number of carbonyl (C=O) groups excluding carboxylic acids is 2. The van der Waals surface area contributed by atoms with Gasteiger partial charge in [-0.25, -0.2) is 0 Å². The summed E-state index contributed by atoms with van der Waals surface area (Å²) < 4.78 is 5.27. The van der Waals surface area contributed by atoms with Crippen LogP contribution < -0.4 is 10.1 Å². The fourth-order valence-electron chi connectivity index (χ4n) is 4.02. The van der Waals surface area contributed by atoms with Crippen LogP contribution >= 0.6 is 11.6 Å². The fraction of sp³-hybridized carbons (Fsp3) is 0.500. The molecule has 4 rings (SSSR count). The van der Waals surface area contributed by atoms with Gasteiger partial charge in [0.1, 0.15) is 11.4 Å². The Morgan fingerprint density at radius 1 is 1.30 bits per heavy atom. The van der Waals surface area contributed by atoms with Crippen LogP contribution in [0.15, 0.2) is 24.3 Å². The van der Waals surface area contributed by atoms with Gasteiger partial charge in [-0.1, -0.05) is 11.6 Å². The van der Waals surface area contributed by atoms with Gasteiger partial charge in [0.25, 0.3) is 5.91 Å². The second-order valence-corrected chi connectivity index (χ2v) is 8.61. The topological polar surface area (TPSA) is 87.3 Å². The van der Waals surface area contributed by atoms with Crippen molar-refractivity contribution in [1.82, 2.24) is 15.1 Å².